The molecule has 0 unspecified atom stereocenters. The average molecular weight is 845 g/mol. The molecule has 15 heteroatoms. The van der Waals surface area contributed by atoms with Crippen molar-refractivity contribution in [1.29, 1.82) is 0 Å². The SMILES string of the molecule is CCC(=O)Nc1cc2nc(-c3ccc(C#Cc4ccc(C(=O)N5CCCC[C@H]5C(=O)OCc5ccc(OC)cc5)cc4Cl)cc3)cc(C(=O)NNC(=O)OC(C)(C)C)c2cn1. The fourth-order valence-electron chi connectivity index (χ4n) is 6.41. The van der Waals surface area contributed by atoms with E-state index in [1.54, 1.807) is 106 Å². The minimum Gasteiger partial charge on any atom is -0.497 e. The quantitative estimate of drug-likeness (QED) is 0.0760. The summed E-state index contributed by atoms with van der Waals surface area (Å²) in [5, 5.41) is 3.37. The zero-order chi connectivity index (χ0) is 43.7. The van der Waals surface area contributed by atoms with Crippen molar-refractivity contribution in [2.75, 3.05) is 19.0 Å². The highest BCUT2D eigenvalue weighted by Crippen LogP contribution is 2.28. The third-order valence-electron chi connectivity index (χ3n) is 9.52. The largest absolute Gasteiger partial charge is 0.497 e. The van der Waals surface area contributed by atoms with E-state index in [9.17, 15) is 24.0 Å². The zero-order valence-corrected chi connectivity index (χ0v) is 35.1. The van der Waals surface area contributed by atoms with Crippen LogP contribution in [0.2, 0.25) is 5.02 Å². The maximum Gasteiger partial charge on any atom is 0.426 e. The van der Waals surface area contributed by atoms with E-state index in [0.717, 1.165) is 18.4 Å². The molecule has 0 saturated carbocycles. The summed E-state index contributed by atoms with van der Waals surface area (Å²) in [6, 6.07) is 21.7. The predicted octanol–water partition coefficient (Wildman–Crippen LogP) is 7.61. The second-order valence-electron chi connectivity index (χ2n) is 15.1. The van der Waals surface area contributed by atoms with E-state index in [1.165, 1.54) is 6.20 Å². The molecule has 0 radical (unpaired) electrons. The number of aromatic nitrogens is 2. The number of ether oxygens (including phenoxy) is 3. The first-order chi connectivity index (χ1) is 29.2. The molecule has 2 aromatic heterocycles. The lowest BCUT2D eigenvalue weighted by Gasteiger charge is -2.34. The van der Waals surface area contributed by atoms with Crippen molar-refractivity contribution in [3.05, 3.63) is 118 Å². The lowest BCUT2D eigenvalue weighted by molar-refractivity contribution is -0.151. The van der Waals surface area contributed by atoms with Crippen LogP contribution in [0, 0.1) is 11.8 Å². The van der Waals surface area contributed by atoms with Crippen LogP contribution in [0.3, 0.4) is 0 Å². The van der Waals surface area contributed by atoms with Crippen LogP contribution in [0.1, 0.15) is 90.8 Å². The molecule has 1 aliphatic rings. The van der Waals surface area contributed by atoms with E-state index in [2.05, 4.69) is 33.0 Å². The van der Waals surface area contributed by atoms with Gasteiger partial charge in [-0.1, -0.05) is 54.6 Å². The Morgan fingerprint density at radius 1 is 0.918 bits per heavy atom. The van der Waals surface area contributed by atoms with Crippen molar-refractivity contribution in [2.45, 2.75) is 71.6 Å². The van der Waals surface area contributed by atoms with Gasteiger partial charge < -0.3 is 24.4 Å². The van der Waals surface area contributed by atoms with Crippen LogP contribution in [0.25, 0.3) is 22.2 Å². The van der Waals surface area contributed by atoms with Gasteiger partial charge in [0.05, 0.1) is 28.9 Å². The molecule has 0 spiro atoms. The van der Waals surface area contributed by atoms with Crippen LogP contribution in [0.5, 0.6) is 5.75 Å². The number of halogens is 1. The minimum absolute atomic E-state index is 0.0831. The van der Waals surface area contributed by atoms with Crippen LogP contribution in [0.4, 0.5) is 10.6 Å². The number of carbonyl (C=O) groups is 5. The highest BCUT2D eigenvalue weighted by molar-refractivity contribution is 6.32. The molecule has 6 rings (SSSR count). The van der Waals surface area contributed by atoms with Crippen molar-refractivity contribution >= 4 is 58.1 Å². The molecule has 314 valence electrons. The van der Waals surface area contributed by atoms with Crippen LogP contribution in [-0.4, -0.2) is 69.9 Å². The van der Waals surface area contributed by atoms with Gasteiger partial charge in [0.2, 0.25) is 5.91 Å². The Morgan fingerprint density at radius 2 is 1.67 bits per heavy atom. The van der Waals surface area contributed by atoms with E-state index in [4.69, 9.17) is 30.8 Å². The summed E-state index contributed by atoms with van der Waals surface area (Å²) in [5.74, 6) is 5.48. The molecule has 3 aromatic carbocycles. The standard InChI is InChI=1S/C46H45ClN6O8/c1-6-41(54)50-40-25-38-35(26-48-40)34(42(55)51-52-45(58)61-46(2,3)4)24-37(49-38)31-16-11-28(12-17-31)10-15-30-18-19-32(23-36(30)47)43(56)53-22-8-7-9-39(53)44(57)60-27-29-13-20-33(59-5)21-14-29/h11-14,16-21,23-26,39H,6-9,22,27H2,1-5H3,(H,51,55)(H,52,58)(H,48,50,54)/t39-/m0/s1. The molecule has 1 aliphatic heterocycles. The number of hydrogen-bond donors (Lipinski definition) is 3. The normalized spacial score (nSPS) is 13.6. The Labute approximate surface area is 358 Å². The number of benzene rings is 3. The number of pyridine rings is 2. The first kappa shape index (κ1) is 43.6. The molecule has 14 nitrogen and oxygen atoms in total. The molecule has 1 saturated heterocycles. The predicted molar refractivity (Wildman–Crippen MR) is 230 cm³/mol. The first-order valence-corrected chi connectivity index (χ1v) is 20.0. The molecule has 1 fully saturated rings. The minimum atomic E-state index is -0.836. The van der Waals surface area contributed by atoms with E-state index < -0.39 is 29.6 Å². The van der Waals surface area contributed by atoms with Gasteiger partial charge >= 0.3 is 12.1 Å². The number of rotatable bonds is 9. The van der Waals surface area contributed by atoms with E-state index in [0.29, 0.717) is 57.6 Å². The molecule has 0 bridgehead atoms. The van der Waals surface area contributed by atoms with Crippen LogP contribution in [0.15, 0.2) is 85.1 Å². The lowest BCUT2D eigenvalue weighted by atomic mass is 10.0. The Balaban J connectivity index is 1.17. The Hall–Kier alpha value is -6.98. The summed E-state index contributed by atoms with van der Waals surface area (Å²) < 4.78 is 16.0. The fraction of sp³-hybridized carbons (Fsp3) is 0.283. The van der Waals surface area contributed by atoms with Crippen molar-refractivity contribution in [1.82, 2.24) is 25.7 Å². The number of anilines is 1. The molecule has 5 aromatic rings. The van der Waals surface area contributed by atoms with Gasteiger partial charge in [0.25, 0.3) is 11.8 Å². The monoisotopic (exact) mass is 844 g/mol. The number of nitrogens with zero attached hydrogens (tertiary/aromatic N) is 3. The lowest BCUT2D eigenvalue weighted by Crippen LogP contribution is -2.48. The number of methoxy groups -OCH3 is 1. The zero-order valence-electron chi connectivity index (χ0n) is 34.4. The highest BCUT2D eigenvalue weighted by atomic mass is 35.5. The Kier molecular flexibility index (Phi) is 13.9. The summed E-state index contributed by atoms with van der Waals surface area (Å²) in [7, 11) is 1.58. The molecule has 3 heterocycles. The van der Waals surface area contributed by atoms with Crippen molar-refractivity contribution in [3.63, 3.8) is 0 Å². The Bertz CT molecular complexity index is 2530. The average Bonchev–Trinajstić information content (AvgIpc) is 3.25. The molecular formula is C46H45ClN6O8. The highest BCUT2D eigenvalue weighted by Gasteiger charge is 2.34. The number of hydrazine groups is 1. The molecular weight excluding hydrogens is 800 g/mol. The number of hydrogen-bond acceptors (Lipinski definition) is 10. The number of likely N-dealkylation sites (tertiary alicyclic amines) is 1. The summed E-state index contributed by atoms with van der Waals surface area (Å²) in [5.41, 5.74) is 7.79. The molecule has 0 aliphatic carbocycles. The first-order valence-electron chi connectivity index (χ1n) is 19.6. The number of fused-ring (bicyclic) bond motifs is 1. The maximum absolute atomic E-state index is 13.7. The second kappa shape index (κ2) is 19.4. The topological polar surface area (TPSA) is 178 Å². The van der Waals surface area contributed by atoms with Gasteiger partial charge in [-0.25, -0.2) is 25.0 Å². The van der Waals surface area contributed by atoms with E-state index >= 15 is 0 Å². The van der Waals surface area contributed by atoms with E-state index in [1.807, 2.05) is 12.1 Å². The Morgan fingerprint density at radius 3 is 2.36 bits per heavy atom. The van der Waals surface area contributed by atoms with Crippen LogP contribution < -0.4 is 20.9 Å². The molecule has 4 amide bonds. The number of piperidine rings is 1. The van der Waals surface area contributed by atoms with Gasteiger partial charge in [0, 0.05) is 52.9 Å². The van der Waals surface area contributed by atoms with Gasteiger partial charge in [-0.2, -0.15) is 0 Å². The van der Waals surface area contributed by atoms with Gasteiger partial charge in [-0.15, -0.1) is 0 Å². The van der Waals surface area contributed by atoms with Gasteiger partial charge in [-0.3, -0.25) is 19.8 Å². The van der Waals surface area contributed by atoms with Gasteiger partial charge in [0.15, 0.2) is 0 Å². The summed E-state index contributed by atoms with van der Waals surface area (Å²) >= 11 is 6.65. The smallest absolute Gasteiger partial charge is 0.426 e. The number of esters is 1. The van der Waals surface area contributed by atoms with Crippen LogP contribution in [-0.2, 0) is 25.7 Å². The summed E-state index contributed by atoms with van der Waals surface area (Å²) in [4.78, 5) is 75.2. The second-order valence-corrected chi connectivity index (χ2v) is 15.5. The number of amides is 4. The molecule has 1 atom stereocenters. The molecule has 3 N–H and O–H groups in total. The summed E-state index contributed by atoms with van der Waals surface area (Å²) in [6.45, 7) is 7.32. The van der Waals surface area contributed by atoms with Crippen LogP contribution >= 0.6 is 11.6 Å². The number of carbonyl (C=O) groups excluding carboxylic acids is 5. The number of nitrogens with one attached hydrogen (secondary N) is 3. The third-order valence-corrected chi connectivity index (χ3v) is 9.83. The van der Waals surface area contributed by atoms with Crippen molar-refractivity contribution in [3.8, 4) is 28.8 Å². The van der Waals surface area contributed by atoms with Crippen molar-refractivity contribution in [2.24, 2.45) is 0 Å². The van der Waals surface area contributed by atoms with Crippen molar-refractivity contribution < 1.29 is 38.2 Å². The third kappa shape index (κ3) is 11.4. The van der Waals surface area contributed by atoms with E-state index in [-0.39, 0.29) is 41.2 Å². The summed E-state index contributed by atoms with van der Waals surface area (Å²) in [6.07, 6.45) is 2.90. The fourth-order valence-corrected chi connectivity index (χ4v) is 6.63. The van der Waals surface area contributed by atoms with Gasteiger partial charge in [0.1, 0.15) is 29.8 Å². The van der Waals surface area contributed by atoms with Gasteiger partial charge in [-0.05, 0) is 94.1 Å². The molecule has 61 heavy (non-hydrogen) atoms. The maximum atomic E-state index is 13.7.